The lowest BCUT2D eigenvalue weighted by atomic mass is 9.83. The van der Waals surface area contributed by atoms with Gasteiger partial charge in [-0.05, 0) is 83.3 Å². The zero-order valence-electron chi connectivity index (χ0n) is 45.0. The van der Waals surface area contributed by atoms with Crippen molar-refractivity contribution in [2.75, 3.05) is 20.2 Å². The van der Waals surface area contributed by atoms with Crippen LogP contribution in [0.5, 0.6) is 0 Å². The van der Waals surface area contributed by atoms with Gasteiger partial charge < -0.3 is 55.5 Å². The van der Waals surface area contributed by atoms with E-state index >= 15 is 0 Å². The summed E-state index contributed by atoms with van der Waals surface area (Å²) in [5.41, 5.74) is 0.823. The Labute approximate surface area is 433 Å². The molecule has 6 N–H and O–H groups in total. The lowest BCUT2D eigenvalue weighted by molar-refractivity contribution is -0.147. The zero-order valence-corrected chi connectivity index (χ0v) is 45.0. The fraction of sp³-hybridized carbons (Fsp3) is 0.655. The van der Waals surface area contributed by atoms with E-state index in [9.17, 15) is 38.7 Å². The number of carboxylic acid groups (broad SMARTS) is 1. The number of nitrogens with one attached hydrogen (secondary N) is 5. The molecule has 0 heterocycles. The number of rotatable bonds is 30. The number of carboxylic acids is 1. The molecule has 1 aliphatic carbocycles. The fourth-order valence-electron chi connectivity index (χ4n) is 8.67. The van der Waals surface area contributed by atoms with E-state index in [-0.39, 0.29) is 44.0 Å². The number of alkyl carbamates (subject to hydrolysis) is 2. The fourth-order valence-corrected chi connectivity index (χ4v) is 8.67. The highest BCUT2D eigenvalue weighted by Gasteiger charge is 2.39. The second kappa shape index (κ2) is 31.8. The summed E-state index contributed by atoms with van der Waals surface area (Å²) < 4.78 is 23.0. The van der Waals surface area contributed by atoms with Crippen LogP contribution in [0.4, 0.5) is 9.59 Å². The van der Waals surface area contributed by atoms with Gasteiger partial charge in [0.25, 0.3) is 0 Å². The van der Waals surface area contributed by atoms with E-state index in [1.807, 2.05) is 50.2 Å². The second-order valence-corrected chi connectivity index (χ2v) is 20.9. The number of carbonyl (C=O) groups is 7. The van der Waals surface area contributed by atoms with Crippen molar-refractivity contribution in [2.24, 2.45) is 17.8 Å². The number of hydrogen-bond acceptors (Lipinski definition) is 11. The van der Waals surface area contributed by atoms with Crippen LogP contribution in [0, 0.1) is 17.8 Å². The third kappa shape index (κ3) is 22.9. The van der Waals surface area contributed by atoms with Gasteiger partial charge in [0.2, 0.25) is 23.6 Å². The normalized spacial score (nSPS) is 16.3. The van der Waals surface area contributed by atoms with E-state index in [0.29, 0.717) is 24.8 Å². The van der Waals surface area contributed by atoms with Crippen LogP contribution in [0.25, 0.3) is 0 Å². The molecule has 2 aromatic rings. The van der Waals surface area contributed by atoms with Crippen LogP contribution in [-0.4, -0.2) is 120 Å². The van der Waals surface area contributed by atoms with E-state index in [0.717, 1.165) is 50.5 Å². The van der Waals surface area contributed by atoms with Crippen molar-refractivity contribution in [1.82, 2.24) is 31.5 Å². The van der Waals surface area contributed by atoms with Crippen LogP contribution in [-0.2, 0) is 56.1 Å². The van der Waals surface area contributed by atoms with E-state index in [2.05, 4.69) is 33.5 Å². The van der Waals surface area contributed by atoms with Crippen LogP contribution < -0.4 is 26.6 Å². The summed E-state index contributed by atoms with van der Waals surface area (Å²) in [6, 6.07) is 12.4. The zero-order chi connectivity index (χ0) is 54.1. The van der Waals surface area contributed by atoms with Crippen molar-refractivity contribution in [3.63, 3.8) is 0 Å². The first-order valence-electron chi connectivity index (χ1n) is 26.2. The monoisotopic (exact) mass is 1020 g/mol. The molecule has 3 rings (SSSR count). The highest BCUT2D eigenvalue weighted by Crippen LogP contribution is 2.28. The van der Waals surface area contributed by atoms with E-state index in [1.54, 1.807) is 65.9 Å². The smallest absolute Gasteiger partial charge is 0.407 e. The molecule has 1 aliphatic rings. The molecule has 1 fully saturated rings. The molecule has 73 heavy (non-hydrogen) atoms. The van der Waals surface area contributed by atoms with E-state index in [4.69, 9.17) is 18.9 Å². The summed E-state index contributed by atoms with van der Waals surface area (Å²) in [6.45, 7) is 16.0. The van der Waals surface area contributed by atoms with Gasteiger partial charge in [-0.15, -0.1) is 0 Å². The summed E-state index contributed by atoms with van der Waals surface area (Å²) in [5.74, 6) is -5.00. The highest BCUT2D eigenvalue weighted by molar-refractivity contribution is 5.95. The number of unbranched alkanes of at least 4 members (excludes halogenated alkanes) is 3. The Hall–Kier alpha value is -5.75. The Morgan fingerprint density at radius 2 is 1.34 bits per heavy atom. The molecule has 18 nitrogen and oxygen atoms in total. The van der Waals surface area contributed by atoms with Gasteiger partial charge >= 0.3 is 18.2 Å². The SMILES string of the molecule is CCCCCC[C@@H](OC[C@@H](C)NC(=O)OC(C)(C)C)[C@@H](C)C(=O)N(C)[C@@H](CC(C)C)C(=O)N[C@H](C(=O)N[C@@H](CNC(=O)OCc1ccccc1)C(=O)N[C@H](C(=O)O)[C@H](C)OCc1ccccc1)C1CCCCC1. The van der Waals surface area contributed by atoms with E-state index < -0.39 is 96.4 Å². The van der Waals surface area contributed by atoms with Crippen LogP contribution in [0.1, 0.15) is 144 Å². The molecular weight excluding hydrogens is 937 g/mol. The average Bonchev–Trinajstić information content (AvgIpc) is 3.35. The standard InChI is InChI=1S/C55H86N6O12/c1-11-12-13-23-30-45(71-33-37(4)57-54(69)73-55(7,8)9)38(5)51(65)61(10)44(31-36(2)3)49(63)60-47(42-28-21-16-22-29-42)50(64)58-43(32-56-53(68)72-35-41-26-19-15-20-27-41)48(62)59-46(52(66)67)39(6)70-34-40-24-17-14-18-25-40/h14-15,17-20,24-27,36-39,42-47H,11-13,16,21-23,28-35H2,1-10H3,(H,56,68)(H,57,69)(H,58,64)(H,59,62)(H,60,63)(H,66,67)/t37-,38-,39+,43+,44+,45-,46+,47+/m1/s1. The number of carbonyl (C=O) groups excluding carboxylic acids is 6. The minimum atomic E-state index is -1.56. The minimum Gasteiger partial charge on any atom is -0.480 e. The highest BCUT2D eigenvalue weighted by atomic mass is 16.6. The molecule has 0 unspecified atom stereocenters. The lowest BCUT2D eigenvalue weighted by Gasteiger charge is -2.36. The molecule has 0 spiro atoms. The van der Waals surface area contributed by atoms with Crippen LogP contribution >= 0.6 is 0 Å². The number of aliphatic carboxylic acids is 1. The number of likely N-dealkylation sites (N-methyl/N-ethyl adjacent to an activating group) is 1. The predicted octanol–water partition coefficient (Wildman–Crippen LogP) is 7.42. The molecule has 6 amide bonds. The van der Waals surface area contributed by atoms with Gasteiger partial charge in [-0.3, -0.25) is 19.2 Å². The number of ether oxygens (including phenoxy) is 4. The molecule has 0 radical (unpaired) electrons. The largest absolute Gasteiger partial charge is 0.480 e. The Morgan fingerprint density at radius 1 is 0.726 bits per heavy atom. The van der Waals surface area contributed by atoms with Crippen molar-refractivity contribution < 1.29 is 57.6 Å². The molecule has 2 aromatic carbocycles. The molecule has 0 aromatic heterocycles. The summed E-state index contributed by atoms with van der Waals surface area (Å²) >= 11 is 0. The molecule has 408 valence electrons. The Morgan fingerprint density at radius 3 is 1.92 bits per heavy atom. The quantitative estimate of drug-likeness (QED) is 0.0419. The average molecular weight is 1020 g/mol. The Bertz CT molecular complexity index is 2010. The van der Waals surface area contributed by atoms with Crippen molar-refractivity contribution in [3.05, 3.63) is 71.8 Å². The van der Waals surface area contributed by atoms with Crippen molar-refractivity contribution in [2.45, 2.75) is 194 Å². The molecule has 0 aliphatic heterocycles. The molecule has 0 bridgehead atoms. The number of benzene rings is 2. The maximum atomic E-state index is 14.7. The van der Waals surface area contributed by atoms with E-state index in [1.165, 1.54) is 11.8 Å². The lowest BCUT2D eigenvalue weighted by Crippen LogP contribution is -2.62. The maximum Gasteiger partial charge on any atom is 0.407 e. The van der Waals surface area contributed by atoms with Crippen LogP contribution in [0.15, 0.2) is 60.7 Å². The Balaban J connectivity index is 1.89. The summed E-state index contributed by atoms with van der Waals surface area (Å²) in [6.07, 6.45) is 5.32. The molecule has 1 saturated carbocycles. The van der Waals surface area contributed by atoms with Gasteiger partial charge in [0.15, 0.2) is 6.04 Å². The van der Waals surface area contributed by atoms with Gasteiger partial charge in [-0.2, -0.15) is 0 Å². The van der Waals surface area contributed by atoms with Crippen LogP contribution in [0.2, 0.25) is 0 Å². The van der Waals surface area contributed by atoms with Crippen molar-refractivity contribution in [3.8, 4) is 0 Å². The summed E-state index contributed by atoms with van der Waals surface area (Å²) in [7, 11) is 1.58. The van der Waals surface area contributed by atoms with Gasteiger partial charge in [0, 0.05) is 7.05 Å². The van der Waals surface area contributed by atoms with Crippen molar-refractivity contribution in [1.29, 1.82) is 0 Å². The minimum absolute atomic E-state index is 0.0498. The second-order valence-electron chi connectivity index (χ2n) is 20.9. The topological polar surface area (TPSA) is 240 Å². The van der Waals surface area contributed by atoms with Gasteiger partial charge in [0.05, 0.1) is 43.9 Å². The van der Waals surface area contributed by atoms with Crippen molar-refractivity contribution >= 4 is 41.8 Å². The first-order valence-corrected chi connectivity index (χ1v) is 26.2. The third-order valence-electron chi connectivity index (χ3n) is 12.8. The molecule has 8 atom stereocenters. The summed E-state index contributed by atoms with van der Waals surface area (Å²) in [4.78, 5) is 97.7. The number of nitrogens with zero attached hydrogens (tertiary/aromatic N) is 1. The number of amides is 6. The maximum absolute atomic E-state index is 14.7. The van der Waals surface area contributed by atoms with Gasteiger partial charge in [-0.25, -0.2) is 14.4 Å². The Kier molecular flexibility index (Phi) is 26.8. The predicted molar refractivity (Wildman–Crippen MR) is 278 cm³/mol. The molecule has 18 heteroatoms. The summed E-state index contributed by atoms with van der Waals surface area (Å²) in [5, 5.41) is 23.8. The van der Waals surface area contributed by atoms with Crippen LogP contribution in [0.3, 0.4) is 0 Å². The first kappa shape index (κ1) is 61.5. The molecule has 0 saturated heterocycles. The number of hydrogen-bond donors (Lipinski definition) is 6. The first-order chi connectivity index (χ1) is 34.6. The van der Waals surface area contributed by atoms with Gasteiger partial charge in [0.1, 0.15) is 30.3 Å². The van der Waals surface area contributed by atoms with Gasteiger partial charge in [-0.1, -0.05) is 133 Å². The third-order valence-corrected chi connectivity index (χ3v) is 12.8. The molecular formula is C55H86N6O12.